The number of hydrogen-bond donors (Lipinski definition) is 1. The van der Waals surface area contributed by atoms with Crippen molar-refractivity contribution in [2.75, 3.05) is 0 Å². The first-order chi connectivity index (χ1) is 10.1. The first kappa shape index (κ1) is 14.9. The lowest BCUT2D eigenvalue weighted by Gasteiger charge is -2.14. The highest BCUT2D eigenvalue weighted by atomic mass is 79.9. The maximum Gasteiger partial charge on any atom is 0.250 e. The molecule has 0 aromatic carbocycles. The summed E-state index contributed by atoms with van der Waals surface area (Å²) in [6, 6.07) is 3.57. The maximum absolute atomic E-state index is 11.8. The molecule has 1 fully saturated rings. The Morgan fingerprint density at radius 3 is 3.10 bits per heavy atom. The summed E-state index contributed by atoms with van der Waals surface area (Å²) in [5.41, 5.74) is 1.28. The average molecular weight is 368 g/mol. The standard InChI is InChI=1S/C15H18BrN3OS/c1-10(7-19-8-12(16)4-5-15(19)20)17-6-14-18-13(9-21-14)11-2-3-11/h4-5,8-11,17H,2-3,6-7H2,1H3/t10-/m1/s1. The van der Waals surface area contributed by atoms with E-state index in [1.54, 1.807) is 28.0 Å². The van der Waals surface area contributed by atoms with E-state index in [2.05, 4.69) is 38.5 Å². The van der Waals surface area contributed by atoms with E-state index in [1.807, 2.05) is 6.20 Å². The molecular weight excluding hydrogens is 350 g/mol. The number of aromatic nitrogens is 2. The van der Waals surface area contributed by atoms with E-state index < -0.39 is 0 Å². The molecule has 1 saturated carbocycles. The molecule has 1 atom stereocenters. The molecule has 4 nitrogen and oxygen atoms in total. The molecule has 0 amide bonds. The molecule has 0 spiro atoms. The highest BCUT2D eigenvalue weighted by Gasteiger charge is 2.25. The minimum atomic E-state index is 0.0251. The van der Waals surface area contributed by atoms with Crippen LogP contribution in [0.3, 0.4) is 0 Å². The van der Waals surface area contributed by atoms with Crippen molar-refractivity contribution >= 4 is 27.3 Å². The molecule has 1 aliphatic rings. The van der Waals surface area contributed by atoms with Crippen LogP contribution in [0.2, 0.25) is 0 Å². The topological polar surface area (TPSA) is 46.9 Å². The third-order valence-electron chi connectivity index (χ3n) is 3.58. The monoisotopic (exact) mass is 367 g/mol. The predicted octanol–water partition coefficient (Wildman–Crippen LogP) is 3.12. The first-order valence-corrected chi connectivity index (χ1v) is 8.83. The van der Waals surface area contributed by atoms with Crippen LogP contribution < -0.4 is 10.9 Å². The Kier molecular flexibility index (Phi) is 4.57. The van der Waals surface area contributed by atoms with Crippen LogP contribution in [0.25, 0.3) is 0 Å². The minimum absolute atomic E-state index is 0.0251. The Hall–Kier alpha value is -0.980. The molecule has 2 aromatic heterocycles. The van der Waals surface area contributed by atoms with Crippen molar-refractivity contribution in [2.45, 2.75) is 44.8 Å². The van der Waals surface area contributed by atoms with Gasteiger partial charge in [-0.25, -0.2) is 4.98 Å². The highest BCUT2D eigenvalue weighted by Crippen LogP contribution is 2.40. The van der Waals surface area contributed by atoms with Crippen LogP contribution in [0.5, 0.6) is 0 Å². The summed E-state index contributed by atoms with van der Waals surface area (Å²) >= 11 is 5.12. The molecule has 6 heteroatoms. The van der Waals surface area contributed by atoms with Gasteiger partial charge in [0, 0.05) is 47.2 Å². The van der Waals surface area contributed by atoms with E-state index in [1.165, 1.54) is 18.5 Å². The lowest BCUT2D eigenvalue weighted by Crippen LogP contribution is -2.33. The van der Waals surface area contributed by atoms with Gasteiger partial charge in [0.25, 0.3) is 5.56 Å². The number of nitrogens with zero attached hydrogens (tertiary/aromatic N) is 2. The third kappa shape index (κ3) is 4.02. The van der Waals surface area contributed by atoms with Crippen molar-refractivity contribution in [3.63, 3.8) is 0 Å². The fourth-order valence-corrected chi connectivity index (χ4v) is 3.44. The Morgan fingerprint density at radius 2 is 2.33 bits per heavy atom. The first-order valence-electron chi connectivity index (χ1n) is 7.15. The molecule has 1 N–H and O–H groups in total. The van der Waals surface area contributed by atoms with E-state index in [0.29, 0.717) is 12.5 Å². The van der Waals surface area contributed by atoms with Crippen molar-refractivity contribution in [3.8, 4) is 0 Å². The molecule has 2 aromatic rings. The van der Waals surface area contributed by atoms with Gasteiger partial charge in [-0.2, -0.15) is 0 Å². The second-order valence-electron chi connectivity index (χ2n) is 5.56. The van der Waals surface area contributed by atoms with E-state index in [9.17, 15) is 4.79 Å². The lowest BCUT2D eigenvalue weighted by molar-refractivity contribution is 0.468. The number of rotatable bonds is 6. The van der Waals surface area contributed by atoms with Crippen molar-refractivity contribution in [1.29, 1.82) is 0 Å². The molecule has 0 radical (unpaired) electrons. The number of hydrogen-bond acceptors (Lipinski definition) is 4. The molecule has 0 saturated heterocycles. The van der Waals surface area contributed by atoms with E-state index in [-0.39, 0.29) is 11.6 Å². The van der Waals surface area contributed by atoms with Crippen LogP contribution in [-0.4, -0.2) is 15.6 Å². The zero-order valence-electron chi connectivity index (χ0n) is 11.9. The Morgan fingerprint density at radius 1 is 1.52 bits per heavy atom. The zero-order chi connectivity index (χ0) is 14.8. The molecule has 0 aliphatic heterocycles. The minimum Gasteiger partial charge on any atom is -0.313 e. The average Bonchev–Trinajstić information content (AvgIpc) is 3.20. The largest absolute Gasteiger partial charge is 0.313 e. The van der Waals surface area contributed by atoms with E-state index in [0.717, 1.165) is 16.0 Å². The smallest absolute Gasteiger partial charge is 0.250 e. The molecular formula is C15H18BrN3OS. The predicted molar refractivity (Wildman–Crippen MR) is 88.8 cm³/mol. The van der Waals surface area contributed by atoms with Crippen LogP contribution in [0.4, 0.5) is 0 Å². The second-order valence-corrected chi connectivity index (χ2v) is 7.42. The molecule has 0 unspecified atom stereocenters. The fourth-order valence-electron chi connectivity index (χ4n) is 2.24. The third-order valence-corrected chi connectivity index (χ3v) is 4.92. The summed E-state index contributed by atoms with van der Waals surface area (Å²) in [6.07, 6.45) is 4.41. The van der Waals surface area contributed by atoms with Crippen LogP contribution in [-0.2, 0) is 13.1 Å². The van der Waals surface area contributed by atoms with Gasteiger partial charge in [-0.1, -0.05) is 0 Å². The highest BCUT2D eigenvalue weighted by molar-refractivity contribution is 9.10. The van der Waals surface area contributed by atoms with Crippen LogP contribution in [0, 0.1) is 0 Å². The number of pyridine rings is 1. The van der Waals surface area contributed by atoms with Gasteiger partial charge >= 0.3 is 0 Å². The maximum atomic E-state index is 11.8. The number of nitrogens with one attached hydrogen (secondary N) is 1. The summed E-state index contributed by atoms with van der Waals surface area (Å²) < 4.78 is 2.64. The zero-order valence-corrected chi connectivity index (χ0v) is 14.3. The number of halogens is 1. The second kappa shape index (κ2) is 6.42. The van der Waals surface area contributed by atoms with Crippen LogP contribution in [0.1, 0.15) is 36.4 Å². The Labute approximate surface area is 136 Å². The van der Waals surface area contributed by atoms with Crippen LogP contribution >= 0.6 is 27.3 Å². The summed E-state index contributed by atoms with van der Waals surface area (Å²) in [4.78, 5) is 16.4. The van der Waals surface area contributed by atoms with Gasteiger partial charge in [0.1, 0.15) is 5.01 Å². The molecule has 0 bridgehead atoms. The quantitative estimate of drug-likeness (QED) is 0.852. The van der Waals surface area contributed by atoms with Crippen molar-refractivity contribution in [1.82, 2.24) is 14.9 Å². The van der Waals surface area contributed by atoms with Gasteiger partial charge < -0.3 is 9.88 Å². The number of thiazole rings is 1. The van der Waals surface area contributed by atoms with E-state index >= 15 is 0 Å². The van der Waals surface area contributed by atoms with Crippen molar-refractivity contribution < 1.29 is 0 Å². The molecule has 3 rings (SSSR count). The summed E-state index contributed by atoms with van der Waals surface area (Å²) in [7, 11) is 0. The van der Waals surface area contributed by atoms with E-state index in [4.69, 9.17) is 0 Å². The molecule has 2 heterocycles. The normalized spacial score (nSPS) is 16.1. The summed E-state index contributed by atoms with van der Waals surface area (Å²) in [6.45, 7) is 3.50. The van der Waals surface area contributed by atoms with Gasteiger partial charge in [0.2, 0.25) is 0 Å². The Balaban J connectivity index is 1.54. The molecule has 1 aliphatic carbocycles. The van der Waals surface area contributed by atoms with Crippen molar-refractivity contribution in [3.05, 3.63) is 49.2 Å². The fraction of sp³-hybridized carbons (Fsp3) is 0.467. The molecule has 21 heavy (non-hydrogen) atoms. The van der Waals surface area contributed by atoms with Gasteiger partial charge in [-0.3, -0.25) is 4.79 Å². The van der Waals surface area contributed by atoms with Gasteiger partial charge in [-0.15, -0.1) is 11.3 Å². The van der Waals surface area contributed by atoms with Gasteiger partial charge in [0.05, 0.1) is 5.69 Å². The van der Waals surface area contributed by atoms with Gasteiger partial charge in [-0.05, 0) is 41.8 Å². The summed E-state index contributed by atoms with van der Waals surface area (Å²) in [5, 5.41) is 6.75. The van der Waals surface area contributed by atoms with Crippen LogP contribution in [0.15, 0.2) is 33.0 Å². The van der Waals surface area contributed by atoms with Crippen molar-refractivity contribution in [2.24, 2.45) is 0 Å². The Bertz CT molecular complexity index is 678. The SMILES string of the molecule is C[C@H](Cn1cc(Br)ccc1=O)NCc1nc(C2CC2)cs1. The lowest BCUT2D eigenvalue weighted by atomic mass is 10.3. The molecule has 112 valence electrons. The van der Waals surface area contributed by atoms with Gasteiger partial charge in [0.15, 0.2) is 0 Å². The summed E-state index contributed by atoms with van der Waals surface area (Å²) in [5.74, 6) is 0.715.